The summed E-state index contributed by atoms with van der Waals surface area (Å²) in [6.07, 6.45) is 0.839. The van der Waals surface area contributed by atoms with Crippen molar-refractivity contribution in [2.24, 2.45) is 0 Å². The SMILES string of the molecule is COC(=O)c1cccc(C(=O)N2CCC(c3cc(OC)ccc3OC)C2)c1. The molecular weight excluding hydrogens is 346 g/mol. The lowest BCUT2D eigenvalue weighted by Crippen LogP contribution is -2.28. The molecule has 1 amide bonds. The van der Waals surface area contributed by atoms with Crippen LogP contribution in [0.5, 0.6) is 11.5 Å². The number of amides is 1. The van der Waals surface area contributed by atoms with Gasteiger partial charge in [0.2, 0.25) is 0 Å². The molecule has 1 heterocycles. The van der Waals surface area contributed by atoms with Crippen LogP contribution in [0.2, 0.25) is 0 Å². The van der Waals surface area contributed by atoms with Crippen molar-refractivity contribution in [2.45, 2.75) is 12.3 Å². The highest BCUT2D eigenvalue weighted by Crippen LogP contribution is 2.36. The second kappa shape index (κ2) is 8.12. The van der Waals surface area contributed by atoms with E-state index in [1.54, 1.807) is 43.4 Å². The fraction of sp³-hybridized carbons (Fsp3) is 0.333. The van der Waals surface area contributed by atoms with Crippen LogP contribution in [0.15, 0.2) is 42.5 Å². The number of rotatable bonds is 5. The number of benzene rings is 2. The Hall–Kier alpha value is -3.02. The smallest absolute Gasteiger partial charge is 0.337 e. The van der Waals surface area contributed by atoms with Crippen LogP contribution in [-0.2, 0) is 4.74 Å². The highest BCUT2D eigenvalue weighted by Gasteiger charge is 2.30. The molecule has 0 aliphatic carbocycles. The molecule has 3 rings (SSSR count). The summed E-state index contributed by atoms with van der Waals surface area (Å²) in [6, 6.07) is 12.3. The number of carbonyl (C=O) groups excluding carboxylic acids is 2. The Bertz CT molecular complexity index is 848. The molecule has 6 heteroatoms. The minimum atomic E-state index is -0.454. The van der Waals surface area contributed by atoms with Gasteiger partial charge in [0.25, 0.3) is 5.91 Å². The third-order valence-electron chi connectivity index (χ3n) is 4.88. The number of hydrogen-bond donors (Lipinski definition) is 0. The molecule has 0 N–H and O–H groups in total. The van der Waals surface area contributed by atoms with Gasteiger partial charge in [-0.1, -0.05) is 6.07 Å². The molecular formula is C21H23NO5. The van der Waals surface area contributed by atoms with Crippen LogP contribution in [0.25, 0.3) is 0 Å². The zero-order chi connectivity index (χ0) is 19.4. The average molecular weight is 369 g/mol. The van der Waals surface area contributed by atoms with Gasteiger partial charge in [-0.3, -0.25) is 4.79 Å². The van der Waals surface area contributed by atoms with Crippen LogP contribution >= 0.6 is 0 Å². The first-order chi connectivity index (χ1) is 13.1. The van der Waals surface area contributed by atoms with Gasteiger partial charge in [-0.15, -0.1) is 0 Å². The first kappa shape index (κ1) is 18.8. The summed E-state index contributed by atoms with van der Waals surface area (Å²) in [5, 5.41) is 0. The van der Waals surface area contributed by atoms with Crippen molar-refractivity contribution in [1.82, 2.24) is 4.90 Å². The maximum absolute atomic E-state index is 12.9. The van der Waals surface area contributed by atoms with Gasteiger partial charge in [-0.25, -0.2) is 4.79 Å². The summed E-state index contributed by atoms with van der Waals surface area (Å²) in [5.74, 6) is 1.18. The Balaban J connectivity index is 1.78. The number of carbonyl (C=O) groups is 2. The van der Waals surface area contributed by atoms with Gasteiger partial charge >= 0.3 is 5.97 Å². The van der Waals surface area contributed by atoms with Crippen LogP contribution in [0.1, 0.15) is 38.6 Å². The molecule has 142 valence electrons. The minimum Gasteiger partial charge on any atom is -0.497 e. The highest BCUT2D eigenvalue weighted by molar-refractivity contribution is 5.98. The second-order valence-electron chi connectivity index (χ2n) is 6.42. The van der Waals surface area contributed by atoms with Crippen molar-refractivity contribution in [3.8, 4) is 11.5 Å². The Morgan fingerprint density at radius 3 is 2.48 bits per heavy atom. The van der Waals surface area contributed by atoms with Gasteiger partial charge < -0.3 is 19.1 Å². The van der Waals surface area contributed by atoms with E-state index in [2.05, 4.69) is 0 Å². The van der Waals surface area contributed by atoms with Crippen molar-refractivity contribution in [2.75, 3.05) is 34.4 Å². The van der Waals surface area contributed by atoms with Gasteiger partial charge in [-0.05, 0) is 42.8 Å². The molecule has 1 aliphatic heterocycles. The molecule has 6 nitrogen and oxygen atoms in total. The standard InChI is InChI=1S/C21H23NO5/c1-25-17-7-8-19(26-2)18(12-17)16-9-10-22(13-16)20(23)14-5-4-6-15(11-14)21(24)27-3/h4-8,11-12,16H,9-10,13H2,1-3H3. The third-order valence-corrected chi connectivity index (χ3v) is 4.88. The molecule has 0 aromatic heterocycles. The summed E-state index contributed by atoms with van der Waals surface area (Å²) in [6.45, 7) is 1.23. The molecule has 1 fully saturated rings. The quantitative estimate of drug-likeness (QED) is 0.758. The summed E-state index contributed by atoms with van der Waals surface area (Å²) >= 11 is 0. The largest absolute Gasteiger partial charge is 0.497 e. The van der Waals surface area contributed by atoms with Gasteiger partial charge in [-0.2, -0.15) is 0 Å². The molecule has 0 bridgehead atoms. The van der Waals surface area contributed by atoms with Crippen molar-refractivity contribution in [1.29, 1.82) is 0 Å². The lowest BCUT2D eigenvalue weighted by molar-refractivity contribution is 0.0600. The minimum absolute atomic E-state index is 0.0925. The molecule has 2 aromatic rings. The fourth-order valence-electron chi connectivity index (χ4n) is 3.44. The Labute approximate surface area is 158 Å². The number of esters is 1. The molecule has 27 heavy (non-hydrogen) atoms. The van der Waals surface area contributed by atoms with E-state index >= 15 is 0 Å². The molecule has 1 saturated heterocycles. The maximum atomic E-state index is 12.9. The second-order valence-corrected chi connectivity index (χ2v) is 6.42. The molecule has 1 atom stereocenters. The summed E-state index contributed by atoms with van der Waals surface area (Å²) in [7, 11) is 4.59. The summed E-state index contributed by atoms with van der Waals surface area (Å²) < 4.78 is 15.5. The molecule has 0 saturated carbocycles. The molecule has 2 aromatic carbocycles. The monoisotopic (exact) mass is 369 g/mol. The number of nitrogens with zero attached hydrogens (tertiary/aromatic N) is 1. The molecule has 1 aliphatic rings. The highest BCUT2D eigenvalue weighted by atomic mass is 16.5. The summed E-state index contributed by atoms with van der Waals surface area (Å²) in [4.78, 5) is 26.4. The molecule has 0 spiro atoms. The summed E-state index contributed by atoms with van der Waals surface area (Å²) in [5.41, 5.74) is 1.89. The number of methoxy groups -OCH3 is 3. The van der Waals surface area contributed by atoms with Gasteiger partial charge in [0.15, 0.2) is 0 Å². The van der Waals surface area contributed by atoms with Crippen LogP contribution in [-0.4, -0.2) is 51.2 Å². The van der Waals surface area contributed by atoms with Crippen molar-refractivity contribution in [3.05, 3.63) is 59.2 Å². The average Bonchev–Trinajstić information content (AvgIpc) is 3.22. The number of likely N-dealkylation sites (tertiary alicyclic amines) is 1. The zero-order valence-electron chi connectivity index (χ0n) is 15.7. The predicted molar refractivity (Wildman–Crippen MR) is 101 cm³/mol. The Morgan fingerprint density at radius 1 is 1.00 bits per heavy atom. The van der Waals surface area contributed by atoms with Gasteiger partial charge in [0.1, 0.15) is 11.5 Å². The van der Waals surface area contributed by atoms with Crippen molar-refractivity contribution in [3.63, 3.8) is 0 Å². The van der Waals surface area contributed by atoms with Crippen LogP contribution in [0.4, 0.5) is 0 Å². The number of ether oxygens (including phenoxy) is 3. The van der Waals surface area contributed by atoms with Gasteiger partial charge in [0.05, 0.1) is 26.9 Å². The normalized spacial score (nSPS) is 16.1. The van der Waals surface area contributed by atoms with E-state index in [4.69, 9.17) is 14.2 Å². The maximum Gasteiger partial charge on any atom is 0.337 e. The predicted octanol–water partition coefficient (Wildman–Crippen LogP) is 3.12. The van der Waals surface area contributed by atoms with E-state index in [0.29, 0.717) is 24.2 Å². The first-order valence-corrected chi connectivity index (χ1v) is 8.77. The van der Waals surface area contributed by atoms with Crippen molar-refractivity contribution >= 4 is 11.9 Å². The first-order valence-electron chi connectivity index (χ1n) is 8.77. The number of hydrogen-bond acceptors (Lipinski definition) is 5. The molecule has 0 radical (unpaired) electrons. The Kier molecular flexibility index (Phi) is 5.64. The van der Waals surface area contributed by atoms with E-state index in [9.17, 15) is 9.59 Å². The van der Waals surface area contributed by atoms with E-state index in [0.717, 1.165) is 23.5 Å². The third kappa shape index (κ3) is 3.89. The van der Waals surface area contributed by atoms with Gasteiger partial charge in [0, 0.05) is 30.1 Å². The Morgan fingerprint density at radius 2 is 1.78 bits per heavy atom. The van der Waals surface area contributed by atoms with Crippen molar-refractivity contribution < 1.29 is 23.8 Å². The van der Waals surface area contributed by atoms with E-state index < -0.39 is 5.97 Å². The lowest BCUT2D eigenvalue weighted by atomic mass is 9.97. The van der Waals surface area contributed by atoms with E-state index in [1.165, 1.54) is 7.11 Å². The van der Waals surface area contributed by atoms with E-state index in [1.807, 2.05) is 18.2 Å². The topological polar surface area (TPSA) is 65.1 Å². The lowest BCUT2D eigenvalue weighted by Gasteiger charge is -2.19. The van der Waals surface area contributed by atoms with Crippen LogP contribution in [0, 0.1) is 0 Å². The van der Waals surface area contributed by atoms with E-state index in [-0.39, 0.29) is 11.8 Å². The van der Waals surface area contributed by atoms with Crippen LogP contribution in [0.3, 0.4) is 0 Å². The zero-order valence-corrected chi connectivity index (χ0v) is 15.7. The molecule has 1 unspecified atom stereocenters. The van der Waals surface area contributed by atoms with Crippen LogP contribution < -0.4 is 9.47 Å². The fourth-order valence-corrected chi connectivity index (χ4v) is 3.44.